The number of aliphatic carboxylic acids is 1. The van der Waals surface area contributed by atoms with Crippen LogP contribution in [0.4, 0.5) is 5.13 Å². The van der Waals surface area contributed by atoms with E-state index >= 15 is 0 Å². The minimum atomic E-state index is -1.40. The summed E-state index contributed by atoms with van der Waals surface area (Å²) in [5.74, 6) is -2.69. The van der Waals surface area contributed by atoms with E-state index in [1.807, 2.05) is 0 Å². The molecular formula is C15H14ClN7O5S. The first-order valence-electron chi connectivity index (χ1n) is 8.10. The SMILES string of the molecule is N#CC1=C(C(=O)O)N2C(=O)[C@@H](NC(=O)/C(=N\OCCCl)c3csc(N)n3)CN2C1. The smallest absolute Gasteiger partial charge is 0.355 e. The number of anilines is 1. The Bertz CT molecular complexity index is 969. The number of alkyl halides is 1. The number of halogens is 1. The second-order valence-electron chi connectivity index (χ2n) is 5.80. The van der Waals surface area contributed by atoms with E-state index in [0.29, 0.717) is 0 Å². The summed E-state index contributed by atoms with van der Waals surface area (Å²) in [4.78, 5) is 45.8. The molecule has 29 heavy (non-hydrogen) atoms. The molecule has 2 aliphatic rings. The molecule has 1 aromatic rings. The van der Waals surface area contributed by atoms with Crippen molar-refractivity contribution < 1.29 is 24.3 Å². The number of fused-ring (bicyclic) bond motifs is 1. The van der Waals surface area contributed by atoms with Crippen molar-refractivity contribution in [2.24, 2.45) is 5.16 Å². The zero-order valence-corrected chi connectivity index (χ0v) is 16.2. The van der Waals surface area contributed by atoms with Gasteiger partial charge in [0, 0.05) is 11.9 Å². The summed E-state index contributed by atoms with van der Waals surface area (Å²) in [5, 5.41) is 28.6. The molecule has 4 N–H and O–H groups in total. The number of carbonyl (C=O) groups excluding carboxylic acids is 2. The monoisotopic (exact) mass is 439 g/mol. The van der Waals surface area contributed by atoms with E-state index < -0.39 is 29.5 Å². The topological polar surface area (TPSA) is 174 Å². The highest BCUT2D eigenvalue weighted by Crippen LogP contribution is 2.29. The molecule has 152 valence electrons. The van der Waals surface area contributed by atoms with Crippen molar-refractivity contribution in [3.63, 3.8) is 0 Å². The van der Waals surface area contributed by atoms with Crippen LogP contribution in [-0.4, -0.2) is 75.2 Å². The standard InChI is InChI=1S/C15H14ClN7O5S/c16-1-2-28-21-10(9-6-29-15(18)20-9)12(24)19-8-5-22-4-7(3-17)11(14(26)27)23(22)13(8)25/h6,8H,1-2,4-5H2,(H2,18,20)(H,19,24)(H,26,27)/b21-10-/t8-/m0/s1. The highest BCUT2D eigenvalue weighted by Gasteiger charge is 2.48. The Morgan fingerprint density at radius 2 is 2.34 bits per heavy atom. The molecule has 0 aromatic carbocycles. The molecule has 0 radical (unpaired) electrons. The Labute approximate surface area is 172 Å². The summed E-state index contributed by atoms with van der Waals surface area (Å²) >= 11 is 6.62. The highest BCUT2D eigenvalue weighted by molar-refractivity contribution is 7.13. The quantitative estimate of drug-likeness (QED) is 0.210. The summed E-state index contributed by atoms with van der Waals surface area (Å²) in [6.45, 7) is -0.00816. The number of amides is 2. The number of carboxylic acid groups (broad SMARTS) is 1. The number of carbonyl (C=O) groups is 3. The van der Waals surface area contributed by atoms with Gasteiger partial charge in [0.15, 0.2) is 16.5 Å². The number of hydrazine groups is 1. The minimum Gasteiger partial charge on any atom is -0.476 e. The third kappa shape index (κ3) is 3.99. The van der Waals surface area contributed by atoms with Crippen LogP contribution in [0.25, 0.3) is 0 Å². The largest absolute Gasteiger partial charge is 0.476 e. The Balaban J connectivity index is 1.79. The van der Waals surface area contributed by atoms with Crippen LogP contribution >= 0.6 is 22.9 Å². The van der Waals surface area contributed by atoms with Gasteiger partial charge in [-0.1, -0.05) is 5.16 Å². The number of hydrogen-bond acceptors (Lipinski definition) is 10. The maximum absolute atomic E-state index is 12.7. The second kappa shape index (κ2) is 8.43. The number of nitrogen functional groups attached to an aromatic ring is 1. The molecule has 0 aliphatic carbocycles. The van der Waals surface area contributed by atoms with Gasteiger partial charge in [0.05, 0.1) is 24.1 Å². The molecule has 1 aromatic heterocycles. The molecule has 0 spiro atoms. The van der Waals surface area contributed by atoms with Gasteiger partial charge in [-0.05, 0) is 0 Å². The molecule has 1 fully saturated rings. The van der Waals surface area contributed by atoms with E-state index in [9.17, 15) is 19.5 Å². The zero-order chi connectivity index (χ0) is 21.1. The second-order valence-corrected chi connectivity index (χ2v) is 7.07. The van der Waals surface area contributed by atoms with Gasteiger partial charge in [-0.25, -0.2) is 19.8 Å². The van der Waals surface area contributed by atoms with Gasteiger partial charge in [0.2, 0.25) is 0 Å². The van der Waals surface area contributed by atoms with E-state index in [2.05, 4.69) is 15.5 Å². The average molecular weight is 440 g/mol. The van der Waals surface area contributed by atoms with Gasteiger partial charge >= 0.3 is 5.97 Å². The Morgan fingerprint density at radius 3 is 2.93 bits per heavy atom. The Morgan fingerprint density at radius 1 is 1.59 bits per heavy atom. The Hall–Kier alpha value is -3.21. The van der Waals surface area contributed by atoms with Crippen molar-refractivity contribution in [1.82, 2.24) is 20.3 Å². The minimum absolute atomic E-state index is 0.0123. The number of oxime groups is 1. The summed E-state index contributed by atoms with van der Waals surface area (Å²) in [6, 6.07) is 0.732. The van der Waals surface area contributed by atoms with Crippen LogP contribution in [0, 0.1) is 11.3 Å². The molecule has 12 nitrogen and oxygen atoms in total. The van der Waals surface area contributed by atoms with Crippen molar-refractivity contribution in [2.75, 3.05) is 31.3 Å². The lowest BCUT2D eigenvalue weighted by atomic mass is 10.2. The summed E-state index contributed by atoms with van der Waals surface area (Å²) < 4.78 is 0. The lowest BCUT2D eigenvalue weighted by Gasteiger charge is -2.18. The molecule has 1 atom stereocenters. The van der Waals surface area contributed by atoms with Crippen LogP contribution in [0.1, 0.15) is 5.69 Å². The number of nitrogens with zero attached hydrogens (tertiary/aromatic N) is 5. The third-order valence-corrected chi connectivity index (χ3v) is 4.80. The number of nitriles is 1. The van der Waals surface area contributed by atoms with E-state index in [-0.39, 0.29) is 47.7 Å². The van der Waals surface area contributed by atoms with Crippen LogP contribution in [0.3, 0.4) is 0 Å². The number of aromatic nitrogens is 1. The van der Waals surface area contributed by atoms with Crippen molar-refractivity contribution in [1.29, 1.82) is 5.26 Å². The van der Waals surface area contributed by atoms with Gasteiger partial charge in [-0.3, -0.25) is 9.59 Å². The molecule has 2 aliphatic heterocycles. The molecule has 14 heteroatoms. The average Bonchev–Trinajstić information content (AvgIpc) is 3.34. The number of thiazole rings is 1. The molecule has 2 amide bonds. The number of hydrogen-bond donors (Lipinski definition) is 3. The lowest BCUT2D eigenvalue weighted by Crippen LogP contribution is -2.46. The van der Waals surface area contributed by atoms with E-state index in [0.717, 1.165) is 16.3 Å². The fourth-order valence-electron chi connectivity index (χ4n) is 2.82. The lowest BCUT2D eigenvalue weighted by molar-refractivity contribution is -0.143. The van der Waals surface area contributed by atoms with Crippen molar-refractivity contribution in [2.45, 2.75) is 6.04 Å². The maximum atomic E-state index is 12.7. The third-order valence-electron chi connectivity index (χ3n) is 3.97. The molecule has 3 rings (SSSR count). The first-order chi connectivity index (χ1) is 13.9. The zero-order valence-electron chi connectivity index (χ0n) is 14.7. The van der Waals surface area contributed by atoms with Crippen LogP contribution in [-0.2, 0) is 19.2 Å². The summed E-state index contributed by atoms with van der Waals surface area (Å²) in [6.07, 6.45) is 0. The van der Waals surface area contributed by atoms with E-state index in [1.165, 1.54) is 10.4 Å². The predicted molar refractivity (Wildman–Crippen MR) is 100 cm³/mol. The number of nitrogens with one attached hydrogen (secondary N) is 1. The molecule has 0 bridgehead atoms. The van der Waals surface area contributed by atoms with Crippen LogP contribution in [0.15, 0.2) is 21.8 Å². The molecule has 0 saturated carbocycles. The van der Waals surface area contributed by atoms with E-state index in [1.54, 1.807) is 6.07 Å². The predicted octanol–water partition coefficient (Wildman–Crippen LogP) is -0.895. The van der Waals surface area contributed by atoms with Crippen LogP contribution in [0.2, 0.25) is 0 Å². The van der Waals surface area contributed by atoms with Crippen molar-refractivity contribution in [3.8, 4) is 6.07 Å². The molecule has 3 heterocycles. The fourth-order valence-corrected chi connectivity index (χ4v) is 3.43. The number of rotatable bonds is 7. The van der Waals surface area contributed by atoms with Gasteiger partial charge < -0.3 is 21.0 Å². The van der Waals surface area contributed by atoms with Gasteiger partial charge in [0.1, 0.15) is 18.3 Å². The fraction of sp³-hybridized carbons (Fsp3) is 0.333. The summed E-state index contributed by atoms with van der Waals surface area (Å²) in [5.41, 5.74) is 5.09. The highest BCUT2D eigenvalue weighted by atomic mass is 35.5. The van der Waals surface area contributed by atoms with Crippen molar-refractivity contribution >= 4 is 51.6 Å². The Kier molecular flexibility index (Phi) is 5.97. The first kappa shape index (κ1) is 20.5. The van der Waals surface area contributed by atoms with Crippen LogP contribution < -0.4 is 11.1 Å². The maximum Gasteiger partial charge on any atom is 0.355 e. The van der Waals surface area contributed by atoms with Crippen molar-refractivity contribution in [3.05, 3.63) is 22.3 Å². The van der Waals surface area contributed by atoms with Gasteiger partial charge in [-0.15, -0.1) is 22.9 Å². The molecular weight excluding hydrogens is 426 g/mol. The van der Waals surface area contributed by atoms with Gasteiger partial charge in [-0.2, -0.15) is 5.26 Å². The van der Waals surface area contributed by atoms with Crippen LogP contribution in [0.5, 0.6) is 0 Å². The van der Waals surface area contributed by atoms with Gasteiger partial charge in [0.25, 0.3) is 11.8 Å². The van der Waals surface area contributed by atoms with E-state index in [4.69, 9.17) is 27.4 Å². The number of nitrogens with two attached hydrogens (primary N) is 1. The molecule has 0 unspecified atom stereocenters. The first-order valence-corrected chi connectivity index (χ1v) is 9.52. The summed E-state index contributed by atoms with van der Waals surface area (Å²) in [7, 11) is 0. The normalized spacial score (nSPS) is 19.3. The molecule has 1 saturated heterocycles. The number of carboxylic acids is 1.